The zero-order valence-electron chi connectivity index (χ0n) is 14.5. The summed E-state index contributed by atoms with van der Waals surface area (Å²) in [6.45, 7) is 7.44. The van der Waals surface area contributed by atoms with Crippen LogP contribution in [0.25, 0.3) is 10.6 Å². The molecule has 24 heavy (non-hydrogen) atoms. The van der Waals surface area contributed by atoms with E-state index in [0.717, 1.165) is 5.56 Å². The van der Waals surface area contributed by atoms with Gasteiger partial charge in [-0.15, -0.1) is 11.3 Å². The largest absolute Gasteiger partial charge is 0.451 e. The number of hydrogen-bond donors (Lipinski definition) is 0. The van der Waals surface area contributed by atoms with E-state index < -0.39 is 5.97 Å². The van der Waals surface area contributed by atoms with E-state index in [1.165, 1.54) is 11.3 Å². The van der Waals surface area contributed by atoms with Crippen LogP contribution in [0.3, 0.4) is 0 Å². The van der Waals surface area contributed by atoms with Gasteiger partial charge in [-0.3, -0.25) is 9.48 Å². The van der Waals surface area contributed by atoms with Crippen LogP contribution in [-0.2, 0) is 16.6 Å². The fourth-order valence-electron chi connectivity index (χ4n) is 2.48. The first-order valence-corrected chi connectivity index (χ1v) is 8.60. The van der Waals surface area contributed by atoms with Gasteiger partial charge in [0.15, 0.2) is 12.3 Å². The molecule has 0 unspecified atom stereocenters. The Kier molecular flexibility index (Phi) is 5.71. The average Bonchev–Trinajstić information content (AvgIpc) is 3.12. The average molecular weight is 350 g/mol. The van der Waals surface area contributed by atoms with E-state index >= 15 is 0 Å². The number of thiazole rings is 1. The van der Waals surface area contributed by atoms with Crippen molar-refractivity contribution in [3.8, 4) is 10.6 Å². The number of carbonyl (C=O) groups excluding carboxylic acids is 2. The van der Waals surface area contributed by atoms with Crippen molar-refractivity contribution in [3.05, 3.63) is 23.5 Å². The Labute approximate surface area is 145 Å². The summed E-state index contributed by atoms with van der Waals surface area (Å²) in [6, 6.07) is 0.0975. The molecule has 0 aliphatic heterocycles. The lowest BCUT2D eigenvalue weighted by Gasteiger charge is -2.30. The first kappa shape index (κ1) is 18.1. The molecule has 0 fully saturated rings. The van der Waals surface area contributed by atoms with Gasteiger partial charge in [-0.2, -0.15) is 5.10 Å². The molecule has 2 aromatic heterocycles. The predicted molar refractivity (Wildman–Crippen MR) is 91.7 cm³/mol. The first-order valence-electron chi connectivity index (χ1n) is 7.72. The van der Waals surface area contributed by atoms with Crippen molar-refractivity contribution in [3.63, 3.8) is 0 Å². The van der Waals surface area contributed by atoms with Crippen LogP contribution in [0.2, 0.25) is 0 Å². The lowest BCUT2D eigenvalue weighted by atomic mass is 10.2. The van der Waals surface area contributed by atoms with Gasteiger partial charge in [0.05, 0.1) is 6.20 Å². The SMILES string of the molecule is CC(C)N(C(=O)COC(=O)c1csc(-c2cnn(C)c2)n1)C(C)C. The molecular formula is C16H22N4O3S. The van der Waals surface area contributed by atoms with Crippen LogP contribution < -0.4 is 0 Å². The van der Waals surface area contributed by atoms with Crippen LogP contribution in [0.5, 0.6) is 0 Å². The number of rotatable bonds is 6. The van der Waals surface area contributed by atoms with Gasteiger partial charge in [-0.1, -0.05) is 0 Å². The number of aryl methyl sites for hydroxylation is 1. The summed E-state index contributed by atoms with van der Waals surface area (Å²) in [4.78, 5) is 30.2. The van der Waals surface area contributed by atoms with Crippen molar-refractivity contribution < 1.29 is 14.3 Å². The summed E-state index contributed by atoms with van der Waals surface area (Å²) in [5.41, 5.74) is 1.04. The smallest absolute Gasteiger partial charge is 0.358 e. The zero-order valence-corrected chi connectivity index (χ0v) is 15.3. The maximum Gasteiger partial charge on any atom is 0.358 e. The third-order valence-corrected chi connectivity index (χ3v) is 4.28. The molecule has 7 nitrogen and oxygen atoms in total. The summed E-state index contributed by atoms with van der Waals surface area (Å²) in [5.74, 6) is -0.807. The quantitative estimate of drug-likeness (QED) is 0.747. The summed E-state index contributed by atoms with van der Waals surface area (Å²) >= 11 is 1.33. The highest BCUT2D eigenvalue weighted by Gasteiger charge is 2.22. The molecule has 2 aromatic rings. The minimum Gasteiger partial charge on any atom is -0.451 e. The van der Waals surface area contributed by atoms with E-state index in [9.17, 15) is 9.59 Å². The maximum absolute atomic E-state index is 12.2. The Morgan fingerprint density at radius 2 is 1.96 bits per heavy atom. The minimum absolute atomic E-state index is 0.0488. The molecule has 0 aromatic carbocycles. The third-order valence-electron chi connectivity index (χ3n) is 3.39. The van der Waals surface area contributed by atoms with Crippen LogP contribution in [0.15, 0.2) is 17.8 Å². The molecule has 0 bridgehead atoms. The molecule has 130 valence electrons. The number of ether oxygens (including phenoxy) is 1. The second-order valence-electron chi connectivity index (χ2n) is 6.01. The van der Waals surface area contributed by atoms with Crippen molar-refractivity contribution >= 4 is 23.2 Å². The Morgan fingerprint density at radius 3 is 2.50 bits per heavy atom. The van der Waals surface area contributed by atoms with E-state index in [4.69, 9.17) is 4.74 Å². The molecule has 1 amide bonds. The van der Waals surface area contributed by atoms with Gasteiger partial charge in [-0.05, 0) is 27.7 Å². The summed E-state index contributed by atoms with van der Waals surface area (Å²) in [7, 11) is 1.81. The molecule has 0 radical (unpaired) electrons. The highest BCUT2D eigenvalue weighted by Crippen LogP contribution is 2.23. The first-order chi connectivity index (χ1) is 11.3. The molecule has 0 saturated heterocycles. The third kappa shape index (κ3) is 4.19. The molecule has 2 rings (SSSR count). The number of nitrogens with zero attached hydrogens (tertiary/aromatic N) is 4. The summed E-state index contributed by atoms with van der Waals surface area (Å²) in [5, 5.41) is 6.39. The Morgan fingerprint density at radius 1 is 1.29 bits per heavy atom. The van der Waals surface area contributed by atoms with Crippen LogP contribution >= 0.6 is 11.3 Å². The van der Waals surface area contributed by atoms with E-state index in [1.54, 1.807) is 21.2 Å². The Hall–Kier alpha value is -2.22. The molecular weight excluding hydrogens is 328 g/mol. The molecule has 0 spiro atoms. The van der Waals surface area contributed by atoms with E-state index in [2.05, 4.69) is 10.1 Å². The molecule has 0 atom stereocenters. The van der Waals surface area contributed by atoms with Crippen LogP contribution in [0.1, 0.15) is 38.2 Å². The predicted octanol–water partition coefficient (Wildman–Crippen LogP) is 2.35. The van der Waals surface area contributed by atoms with Crippen LogP contribution in [0.4, 0.5) is 0 Å². The number of amides is 1. The Bertz CT molecular complexity index is 712. The van der Waals surface area contributed by atoms with Gasteiger partial charge in [0.1, 0.15) is 5.01 Å². The van der Waals surface area contributed by atoms with E-state index in [1.807, 2.05) is 40.9 Å². The van der Waals surface area contributed by atoms with Gasteiger partial charge >= 0.3 is 5.97 Å². The molecule has 2 heterocycles. The van der Waals surface area contributed by atoms with Crippen molar-refractivity contribution in [2.45, 2.75) is 39.8 Å². The lowest BCUT2D eigenvalue weighted by Crippen LogP contribution is -2.44. The molecule has 0 aliphatic carbocycles. The van der Waals surface area contributed by atoms with E-state index in [0.29, 0.717) is 5.01 Å². The molecule has 8 heteroatoms. The second-order valence-corrected chi connectivity index (χ2v) is 6.86. The summed E-state index contributed by atoms with van der Waals surface area (Å²) in [6.07, 6.45) is 3.50. The molecule has 0 N–H and O–H groups in total. The number of esters is 1. The van der Waals surface area contributed by atoms with Gasteiger partial charge < -0.3 is 9.64 Å². The van der Waals surface area contributed by atoms with Crippen molar-refractivity contribution in [1.29, 1.82) is 0 Å². The second kappa shape index (κ2) is 7.57. The number of hydrogen-bond acceptors (Lipinski definition) is 6. The topological polar surface area (TPSA) is 77.3 Å². The van der Waals surface area contributed by atoms with Gasteiger partial charge in [0.25, 0.3) is 5.91 Å². The standard InChI is InChI=1S/C16H22N4O3S/c1-10(2)20(11(3)4)14(21)8-23-16(22)13-9-24-15(18-13)12-6-17-19(5)7-12/h6-7,9-11H,8H2,1-5H3. The highest BCUT2D eigenvalue weighted by atomic mass is 32.1. The van der Waals surface area contributed by atoms with Crippen molar-refractivity contribution in [2.75, 3.05) is 6.61 Å². The minimum atomic E-state index is -0.595. The van der Waals surface area contributed by atoms with Crippen molar-refractivity contribution in [2.24, 2.45) is 7.05 Å². The lowest BCUT2D eigenvalue weighted by molar-refractivity contribution is -0.138. The zero-order chi connectivity index (χ0) is 17.9. The van der Waals surface area contributed by atoms with Gasteiger partial charge in [0, 0.05) is 36.3 Å². The number of aromatic nitrogens is 3. The van der Waals surface area contributed by atoms with Crippen molar-refractivity contribution in [1.82, 2.24) is 19.7 Å². The summed E-state index contributed by atoms with van der Waals surface area (Å²) < 4.78 is 6.79. The monoisotopic (exact) mass is 350 g/mol. The maximum atomic E-state index is 12.2. The fraction of sp³-hybridized carbons (Fsp3) is 0.500. The number of carbonyl (C=O) groups is 2. The van der Waals surface area contributed by atoms with Gasteiger partial charge in [-0.25, -0.2) is 9.78 Å². The van der Waals surface area contributed by atoms with E-state index in [-0.39, 0.29) is 30.3 Å². The van der Waals surface area contributed by atoms with Gasteiger partial charge in [0.2, 0.25) is 0 Å². The Balaban J connectivity index is 1.98. The fourth-order valence-corrected chi connectivity index (χ4v) is 3.24. The highest BCUT2D eigenvalue weighted by molar-refractivity contribution is 7.13. The normalized spacial score (nSPS) is 11.1. The molecule has 0 saturated carbocycles. The van der Waals surface area contributed by atoms with Crippen LogP contribution in [0, 0.1) is 0 Å². The molecule has 0 aliphatic rings. The van der Waals surface area contributed by atoms with Crippen LogP contribution in [-0.4, -0.2) is 50.2 Å².